The van der Waals surface area contributed by atoms with Crippen molar-refractivity contribution in [2.75, 3.05) is 0 Å². The average molecular weight is 700 g/mol. The summed E-state index contributed by atoms with van der Waals surface area (Å²) in [5.74, 6) is 1.85. The van der Waals surface area contributed by atoms with Crippen LogP contribution in [0.3, 0.4) is 0 Å². The molecule has 0 amide bonds. The summed E-state index contributed by atoms with van der Waals surface area (Å²) in [6.07, 6.45) is 0. The lowest BCUT2D eigenvalue weighted by Gasteiger charge is -2.20. The molecule has 55 heavy (non-hydrogen) atoms. The second kappa shape index (κ2) is 12.8. The van der Waals surface area contributed by atoms with Crippen LogP contribution in [0.2, 0.25) is 0 Å². The van der Waals surface area contributed by atoms with Gasteiger partial charge in [-0.1, -0.05) is 108 Å². The fraction of sp³-hybridized carbons (Fsp3) is 0. The number of nitrogens with zero attached hydrogens (tertiary/aromatic N) is 4. The molecule has 0 spiro atoms. The van der Waals surface area contributed by atoms with E-state index in [4.69, 9.17) is 19.4 Å². The van der Waals surface area contributed by atoms with Crippen LogP contribution >= 0.6 is 0 Å². The van der Waals surface area contributed by atoms with Crippen molar-refractivity contribution in [1.29, 1.82) is 0 Å². The monoisotopic (exact) mass is 700 g/mol. The molecular formula is C45H33B5N4O. The summed E-state index contributed by atoms with van der Waals surface area (Å²) < 4.78 is 8.96. The summed E-state index contributed by atoms with van der Waals surface area (Å²) in [5, 5.41) is 4.44. The molecular weight excluding hydrogens is 667 g/mol. The molecule has 0 aliphatic heterocycles. The van der Waals surface area contributed by atoms with Gasteiger partial charge in [-0.15, -0.1) is 16.4 Å². The topological polar surface area (TPSA) is 56.7 Å². The summed E-state index contributed by atoms with van der Waals surface area (Å²) in [7, 11) is 11.1. The van der Waals surface area contributed by atoms with Crippen LogP contribution in [0, 0.1) is 0 Å². The molecule has 0 unspecified atom stereocenters. The van der Waals surface area contributed by atoms with Crippen molar-refractivity contribution in [2.24, 2.45) is 0 Å². The normalized spacial score (nSPS) is 11.6. The molecule has 7 aromatic carbocycles. The molecule has 0 bridgehead atoms. The SMILES string of the molecule is Bc1c(B)c(B)c(-c2cccc(-c3nc(-c4ccccc4)nc(-c4cccc5oc6cc(-n7c8ccccc8c8ccccc87)ccc6c45)n3)c2)c(B)c1B. The summed E-state index contributed by atoms with van der Waals surface area (Å²) in [4.78, 5) is 15.5. The van der Waals surface area contributed by atoms with Crippen molar-refractivity contribution < 1.29 is 4.42 Å². The lowest BCUT2D eigenvalue weighted by Crippen LogP contribution is -2.55. The zero-order chi connectivity index (χ0) is 37.4. The second-order valence-electron chi connectivity index (χ2n) is 14.6. The van der Waals surface area contributed by atoms with Crippen LogP contribution < -0.4 is 27.3 Å². The molecule has 0 saturated heterocycles. The molecule has 0 saturated carbocycles. The van der Waals surface area contributed by atoms with E-state index in [9.17, 15) is 0 Å². The number of para-hydroxylation sites is 2. The van der Waals surface area contributed by atoms with E-state index in [0.29, 0.717) is 17.5 Å². The van der Waals surface area contributed by atoms with Gasteiger partial charge in [-0.3, -0.25) is 0 Å². The fourth-order valence-corrected chi connectivity index (χ4v) is 8.43. The van der Waals surface area contributed by atoms with Gasteiger partial charge in [-0.05, 0) is 47.5 Å². The van der Waals surface area contributed by atoms with E-state index in [1.165, 1.54) is 43.6 Å². The molecule has 10 rings (SSSR count). The quantitative estimate of drug-likeness (QED) is 0.260. The lowest BCUT2D eigenvalue weighted by atomic mass is 9.59. The highest BCUT2D eigenvalue weighted by molar-refractivity contribution is 6.68. The fourth-order valence-electron chi connectivity index (χ4n) is 8.43. The van der Waals surface area contributed by atoms with Crippen molar-refractivity contribution in [3.8, 4) is 51.0 Å². The molecule has 3 heterocycles. The molecule has 5 nitrogen and oxygen atoms in total. The van der Waals surface area contributed by atoms with E-state index in [1.54, 1.807) is 0 Å². The van der Waals surface area contributed by atoms with Crippen LogP contribution in [0.15, 0.2) is 144 Å². The zero-order valence-corrected chi connectivity index (χ0v) is 31.5. The Balaban J connectivity index is 1.16. The average Bonchev–Trinajstić information content (AvgIpc) is 3.78. The van der Waals surface area contributed by atoms with Gasteiger partial charge in [0.1, 0.15) is 50.4 Å². The van der Waals surface area contributed by atoms with Gasteiger partial charge in [0.25, 0.3) is 0 Å². The summed E-state index contributed by atoms with van der Waals surface area (Å²) in [6, 6.07) is 48.6. The summed E-state index contributed by atoms with van der Waals surface area (Å²) >= 11 is 0. The standard InChI is InChI=1S/C45H33B5N4O/c46-38-36(39(47)41(49)42(50)40(38)48)25-12-8-13-26(22-25)44-51-43(24-10-2-1-3-11-24)52-45(53-44)31-16-9-19-34-37(31)30-21-20-27(23-35(30)55-34)54-32-17-6-4-14-28(32)29-15-5-7-18-33(29)54/h1-23H,46-50H2. The first-order valence-corrected chi connectivity index (χ1v) is 18.8. The van der Waals surface area contributed by atoms with E-state index >= 15 is 0 Å². The first kappa shape index (κ1) is 33.1. The molecule has 10 heteroatoms. The Kier molecular flexibility index (Phi) is 7.70. The highest BCUT2D eigenvalue weighted by Crippen LogP contribution is 2.39. The van der Waals surface area contributed by atoms with Gasteiger partial charge >= 0.3 is 0 Å². The minimum Gasteiger partial charge on any atom is -0.456 e. The Hall–Kier alpha value is -6.53. The number of benzene rings is 7. The Morgan fingerprint density at radius 1 is 0.418 bits per heavy atom. The van der Waals surface area contributed by atoms with Crippen molar-refractivity contribution in [2.45, 2.75) is 0 Å². The van der Waals surface area contributed by atoms with Crippen LogP contribution in [0.25, 0.3) is 94.7 Å². The molecule has 0 aliphatic rings. The molecule has 3 aromatic heterocycles. The third-order valence-electron chi connectivity index (χ3n) is 11.6. The van der Waals surface area contributed by atoms with Gasteiger partial charge in [0.05, 0.1) is 11.0 Å². The first-order valence-electron chi connectivity index (χ1n) is 18.8. The summed E-state index contributed by atoms with van der Waals surface area (Å²) in [6.45, 7) is 0. The Bertz CT molecular complexity index is 3090. The number of fused-ring (bicyclic) bond motifs is 6. The number of rotatable bonds is 5. The second-order valence-corrected chi connectivity index (χ2v) is 14.6. The molecule has 0 aliphatic carbocycles. The van der Waals surface area contributed by atoms with Crippen molar-refractivity contribution in [3.05, 3.63) is 140 Å². The Morgan fingerprint density at radius 3 is 1.69 bits per heavy atom. The third-order valence-corrected chi connectivity index (χ3v) is 11.6. The molecule has 0 N–H and O–H groups in total. The Labute approximate surface area is 323 Å². The highest BCUT2D eigenvalue weighted by Gasteiger charge is 2.20. The van der Waals surface area contributed by atoms with Crippen LogP contribution in [-0.2, 0) is 0 Å². The van der Waals surface area contributed by atoms with E-state index in [2.05, 4.69) is 141 Å². The molecule has 0 fully saturated rings. The van der Waals surface area contributed by atoms with Crippen LogP contribution in [-0.4, -0.2) is 58.8 Å². The maximum atomic E-state index is 6.64. The van der Waals surface area contributed by atoms with Crippen molar-refractivity contribution in [3.63, 3.8) is 0 Å². The summed E-state index contributed by atoms with van der Waals surface area (Å²) in [5.41, 5.74) is 16.8. The number of furan rings is 1. The Morgan fingerprint density at radius 2 is 0.982 bits per heavy atom. The van der Waals surface area contributed by atoms with Gasteiger partial charge in [0.2, 0.25) is 0 Å². The van der Waals surface area contributed by atoms with Crippen LogP contribution in [0.5, 0.6) is 0 Å². The number of hydrogen-bond donors (Lipinski definition) is 0. The van der Waals surface area contributed by atoms with Crippen molar-refractivity contribution in [1.82, 2.24) is 19.5 Å². The van der Waals surface area contributed by atoms with Gasteiger partial charge < -0.3 is 8.98 Å². The molecule has 0 radical (unpaired) electrons. The maximum absolute atomic E-state index is 6.64. The van der Waals surface area contributed by atoms with Crippen molar-refractivity contribution >= 4 is 110 Å². The first-order chi connectivity index (χ1) is 26.9. The zero-order valence-electron chi connectivity index (χ0n) is 31.5. The van der Waals surface area contributed by atoms with Gasteiger partial charge in [-0.25, -0.2) is 15.0 Å². The number of aromatic nitrogens is 4. The highest BCUT2D eigenvalue weighted by atomic mass is 16.3. The van der Waals surface area contributed by atoms with Gasteiger partial charge in [0.15, 0.2) is 17.5 Å². The van der Waals surface area contributed by atoms with E-state index in [1.807, 2.05) is 42.5 Å². The van der Waals surface area contributed by atoms with E-state index in [-0.39, 0.29) is 0 Å². The maximum Gasteiger partial charge on any atom is 0.164 e. The van der Waals surface area contributed by atoms with Crippen LogP contribution in [0.1, 0.15) is 0 Å². The minimum atomic E-state index is 0.600. The van der Waals surface area contributed by atoms with E-state index < -0.39 is 0 Å². The lowest BCUT2D eigenvalue weighted by molar-refractivity contribution is 0.668. The predicted octanol–water partition coefficient (Wildman–Crippen LogP) is 2.83. The molecule has 0 atom stereocenters. The van der Waals surface area contributed by atoms with Gasteiger partial charge in [0, 0.05) is 50.0 Å². The van der Waals surface area contributed by atoms with E-state index in [0.717, 1.165) is 60.9 Å². The minimum absolute atomic E-state index is 0.600. The largest absolute Gasteiger partial charge is 0.456 e. The molecule has 10 aromatic rings. The predicted molar refractivity (Wildman–Crippen MR) is 244 cm³/mol. The van der Waals surface area contributed by atoms with Gasteiger partial charge in [-0.2, -0.15) is 0 Å². The molecule has 254 valence electrons. The third kappa shape index (κ3) is 5.27. The smallest absolute Gasteiger partial charge is 0.164 e. The number of hydrogen-bond acceptors (Lipinski definition) is 4. The van der Waals surface area contributed by atoms with Crippen LogP contribution in [0.4, 0.5) is 0 Å².